The number of rotatable bonds is 11. The van der Waals surface area contributed by atoms with Crippen molar-refractivity contribution in [1.82, 2.24) is 4.90 Å². The molecule has 8 heteroatoms. The van der Waals surface area contributed by atoms with Crippen LogP contribution in [-0.4, -0.2) is 53.0 Å². The molecule has 0 aromatic heterocycles. The number of nitrogens with two attached hydrogens (primary N) is 3. The number of hydrogen-bond donors (Lipinski definition) is 4. The van der Waals surface area contributed by atoms with Gasteiger partial charge in [-0.25, -0.2) is 4.79 Å². The molecule has 0 spiro atoms. The van der Waals surface area contributed by atoms with Crippen molar-refractivity contribution in [2.24, 2.45) is 22.2 Å². The van der Waals surface area contributed by atoms with Crippen LogP contribution in [-0.2, 0) is 9.59 Å². The van der Waals surface area contributed by atoms with E-state index in [2.05, 4.69) is 4.99 Å². The number of carbonyl (C=O) groups excluding carboxylic acids is 1. The number of carboxylic acids is 1. The number of nitrogens with zero attached hydrogens (tertiary/aromatic N) is 2. The fraction of sp³-hybridized carbons (Fsp3) is 0.786. The lowest BCUT2D eigenvalue weighted by atomic mass is 10.1. The molecule has 7 N–H and O–H groups in total. The number of guanidine groups is 1. The van der Waals surface area contributed by atoms with Crippen molar-refractivity contribution in [3.05, 3.63) is 0 Å². The van der Waals surface area contributed by atoms with Gasteiger partial charge in [0.25, 0.3) is 0 Å². The Balaban J connectivity index is 4.85. The quantitative estimate of drug-likeness (QED) is 0.237. The number of amides is 1. The van der Waals surface area contributed by atoms with Crippen molar-refractivity contribution < 1.29 is 14.7 Å². The molecule has 0 aliphatic heterocycles. The predicted molar refractivity (Wildman–Crippen MR) is 86.2 cm³/mol. The number of carbonyl (C=O) groups is 2. The molecule has 1 unspecified atom stereocenters. The van der Waals surface area contributed by atoms with E-state index < -0.39 is 12.0 Å². The average molecular weight is 315 g/mol. The zero-order valence-corrected chi connectivity index (χ0v) is 13.5. The Kier molecular flexibility index (Phi) is 9.93. The van der Waals surface area contributed by atoms with Gasteiger partial charge in [-0.3, -0.25) is 9.79 Å². The molecule has 8 nitrogen and oxygen atoms in total. The third kappa shape index (κ3) is 8.46. The first kappa shape index (κ1) is 20.2. The molecule has 0 aliphatic rings. The summed E-state index contributed by atoms with van der Waals surface area (Å²) >= 11 is 0. The summed E-state index contributed by atoms with van der Waals surface area (Å²) in [7, 11) is 0. The van der Waals surface area contributed by atoms with Crippen molar-refractivity contribution in [3.63, 3.8) is 0 Å². The van der Waals surface area contributed by atoms with Gasteiger partial charge in [0, 0.05) is 25.6 Å². The molecular weight excluding hydrogens is 286 g/mol. The van der Waals surface area contributed by atoms with Crippen LogP contribution in [0, 0.1) is 0 Å². The molecule has 22 heavy (non-hydrogen) atoms. The van der Waals surface area contributed by atoms with E-state index in [-0.39, 0.29) is 24.3 Å². The smallest absolute Gasteiger partial charge is 0.326 e. The summed E-state index contributed by atoms with van der Waals surface area (Å²) in [6.07, 6.45) is 2.57. The van der Waals surface area contributed by atoms with E-state index >= 15 is 0 Å². The van der Waals surface area contributed by atoms with Crippen LogP contribution < -0.4 is 17.2 Å². The molecule has 0 aliphatic carbocycles. The molecule has 0 fully saturated rings. The van der Waals surface area contributed by atoms with Crippen molar-refractivity contribution in [2.75, 3.05) is 13.1 Å². The minimum Gasteiger partial charge on any atom is -0.480 e. The minimum atomic E-state index is -1.01. The molecule has 0 bridgehead atoms. The number of carboxylic acid groups (broad SMARTS) is 1. The van der Waals surface area contributed by atoms with Gasteiger partial charge in [-0.1, -0.05) is 13.3 Å². The highest BCUT2D eigenvalue weighted by Gasteiger charge is 2.28. The van der Waals surface area contributed by atoms with E-state index in [1.807, 2.05) is 6.92 Å². The van der Waals surface area contributed by atoms with Crippen LogP contribution in [0.25, 0.3) is 0 Å². The van der Waals surface area contributed by atoms with E-state index in [0.29, 0.717) is 25.9 Å². The van der Waals surface area contributed by atoms with Crippen LogP contribution in [0.15, 0.2) is 4.99 Å². The van der Waals surface area contributed by atoms with E-state index in [4.69, 9.17) is 17.2 Å². The Morgan fingerprint density at radius 1 is 1.27 bits per heavy atom. The van der Waals surface area contributed by atoms with Gasteiger partial charge in [0.2, 0.25) is 5.91 Å². The largest absolute Gasteiger partial charge is 0.480 e. The Bertz CT molecular complexity index is 381. The predicted octanol–water partition coefficient (Wildman–Crippen LogP) is -0.141. The lowest BCUT2D eigenvalue weighted by molar-refractivity contribution is -0.150. The standard InChI is InChI=1S/C14H29N5O3/c1-3-4-8-19(12(20)9-10(2)15)11(13(21)22)6-5-7-18-14(16)17/h10-11H,3-9,15H2,1-2H3,(H,21,22)(H4,16,17,18)/t10?,11-/m0/s1. The summed E-state index contributed by atoms with van der Waals surface area (Å²) in [5.74, 6) is -1.26. The SMILES string of the molecule is CCCCN(C(=O)CC(C)N)[C@@H](CCCN=C(N)N)C(=O)O. The van der Waals surface area contributed by atoms with E-state index in [1.54, 1.807) is 6.92 Å². The highest BCUT2D eigenvalue weighted by molar-refractivity contribution is 5.84. The third-order valence-electron chi connectivity index (χ3n) is 3.16. The second-order valence-corrected chi connectivity index (χ2v) is 5.42. The molecule has 0 rings (SSSR count). The van der Waals surface area contributed by atoms with Crippen molar-refractivity contribution >= 4 is 17.8 Å². The lowest BCUT2D eigenvalue weighted by Crippen LogP contribution is -2.47. The Morgan fingerprint density at radius 2 is 1.91 bits per heavy atom. The zero-order valence-electron chi connectivity index (χ0n) is 13.5. The molecule has 0 aromatic carbocycles. The van der Waals surface area contributed by atoms with Crippen molar-refractivity contribution in [2.45, 2.75) is 58.0 Å². The van der Waals surface area contributed by atoms with E-state index in [9.17, 15) is 14.7 Å². The zero-order chi connectivity index (χ0) is 17.1. The second-order valence-electron chi connectivity index (χ2n) is 5.42. The van der Waals surface area contributed by atoms with Crippen molar-refractivity contribution in [1.29, 1.82) is 0 Å². The van der Waals surface area contributed by atoms with Crippen LogP contribution >= 0.6 is 0 Å². The van der Waals surface area contributed by atoms with Gasteiger partial charge in [-0.15, -0.1) is 0 Å². The van der Waals surface area contributed by atoms with Crippen LogP contribution in [0.5, 0.6) is 0 Å². The Labute approximate surface area is 131 Å². The summed E-state index contributed by atoms with van der Waals surface area (Å²) in [4.78, 5) is 29.0. The maximum atomic E-state index is 12.3. The molecule has 0 saturated heterocycles. The maximum absolute atomic E-state index is 12.3. The minimum absolute atomic E-state index is 0.0252. The van der Waals surface area contributed by atoms with Crippen LogP contribution in [0.2, 0.25) is 0 Å². The first-order valence-electron chi connectivity index (χ1n) is 7.62. The molecule has 128 valence electrons. The third-order valence-corrected chi connectivity index (χ3v) is 3.16. The van der Waals surface area contributed by atoms with Crippen LogP contribution in [0.4, 0.5) is 0 Å². The van der Waals surface area contributed by atoms with Crippen molar-refractivity contribution in [3.8, 4) is 0 Å². The van der Waals surface area contributed by atoms with E-state index in [0.717, 1.165) is 12.8 Å². The van der Waals surface area contributed by atoms with Crippen LogP contribution in [0.3, 0.4) is 0 Å². The lowest BCUT2D eigenvalue weighted by Gasteiger charge is -2.29. The second kappa shape index (κ2) is 10.8. The Morgan fingerprint density at radius 3 is 2.36 bits per heavy atom. The van der Waals surface area contributed by atoms with Gasteiger partial charge >= 0.3 is 5.97 Å². The van der Waals surface area contributed by atoms with Gasteiger partial charge in [-0.05, 0) is 26.2 Å². The Hall–Kier alpha value is -1.83. The molecule has 0 aromatic rings. The van der Waals surface area contributed by atoms with Crippen LogP contribution in [0.1, 0.15) is 46.0 Å². The number of hydrogen-bond acceptors (Lipinski definition) is 4. The van der Waals surface area contributed by atoms with Gasteiger partial charge < -0.3 is 27.2 Å². The number of aliphatic carboxylic acids is 1. The monoisotopic (exact) mass is 315 g/mol. The topological polar surface area (TPSA) is 148 Å². The summed E-state index contributed by atoms with van der Waals surface area (Å²) in [6.45, 7) is 4.48. The summed E-state index contributed by atoms with van der Waals surface area (Å²) in [6, 6.07) is -1.17. The molecule has 0 saturated carbocycles. The molecule has 0 heterocycles. The number of unbranched alkanes of at least 4 members (excludes halogenated alkanes) is 1. The summed E-state index contributed by atoms with van der Waals surface area (Å²) < 4.78 is 0. The van der Waals surface area contributed by atoms with Gasteiger partial charge in [0.05, 0.1) is 0 Å². The highest BCUT2D eigenvalue weighted by atomic mass is 16.4. The van der Waals surface area contributed by atoms with Gasteiger partial charge in [-0.2, -0.15) is 0 Å². The maximum Gasteiger partial charge on any atom is 0.326 e. The normalized spacial score (nSPS) is 13.2. The molecule has 1 amide bonds. The molecule has 2 atom stereocenters. The summed E-state index contributed by atoms with van der Waals surface area (Å²) in [5.41, 5.74) is 16.1. The first-order chi connectivity index (χ1) is 10.3. The fourth-order valence-corrected chi connectivity index (χ4v) is 2.08. The highest BCUT2D eigenvalue weighted by Crippen LogP contribution is 2.12. The molecular formula is C14H29N5O3. The van der Waals surface area contributed by atoms with E-state index in [1.165, 1.54) is 4.90 Å². The van der Waals surface area contributed by atoms with Gasteiger partial charge in [0.15, 0.2) is 5.96 Å². The summed E-state index contributed by atoms with van der Waals surface area (Å²) in [5, 5.41) is 9.42. The van der Waals surface area contributed by atoms with Gasteiger partial charge in [0.1, 0.15) is 6.04 Å². The first-order valence-corrected chi connectivity index (χ1v) is 7.62. The average Bonchev–Trinajstić information content (AvgIpc) is 2.39. The molecule has 0 radical (unpaired) electrons. The number of aliphatic imine (C=N–C) groups is 1. The fourth-order valence-electron chi connectivity index (χ4n) is 2.08.